The van der Waals surface area contributed by atoms with E-state index >= 15 is 0 Å². The molecule has 0 unspecified atom stereocenters. The van der Waals surface area contributed by atoms with Crippen LogP contribution in [0.15, 0.2) is 53.1 Å². The van der Waals surface area contributed by atoms with Crippen LogP contribution in [0, 0.1) is 19.4 Å². The van der Waals surface area contributed by atoms with E-state index in [2.05, 4.69) is 67.7 Å². The van der Waals surface area contributed by atoms with Gasteiger partial charge in [-0.2, -0.15) is 0 Å². The van der Waals surface area contributed by atoms with Crippen molar-refractivity contribution >= 4 is 27.6 Å². The van der Waals surface area contributed by atoms with E-state index in [0.717, 1.165) is 45.2 Å². The number of fused-ring (bicyclic) bond motifs is 3. The van der Waals surface area contributed by atoms with E-state index < -0.39 is 0 Å². The summed E-state index contributed by atoms with van der Waals surface area (Å²) in [6.07, 6.45) is 2.89. The molecule has 0 saturated heterocycles. The number of hydrogen-bond donors (Lipinski definition) is 0. The first-order valence-electron chi connectivity index (χ1n) is 9.31. The van der Waals surface area contributed by atoms with Crippen molar-refractivity contribution in [1.29, 1.82) is 0 Å². The molecule has 0 aliphatic carbocycles. The number of aryl methyl sites for hydroxylation is 2. The predicted octanol–water partition coefficient (Wildman–Crippen LogP) is 6.14. The SMILES string of the molecule is [C-]#[N+]c1ccc2c(oc3c(-c4cccc[n+]4C)c(C)ccc32)c1CC(C)C. The zero-order valence-electron chi connectivity index (χ0n) is 16.2. The third-order valence-corrected chi connectivity index (χ3v) is 5.14. The van der Waals surface area contributed by atoms with Crippen molar-refractivity contribution in [2.24, 2.45) is 13.0 Å². The van der Waals surface area contributed by atoms with Crippen LogP contribution in [0.25, 0.3) is 38.0 Å². The fourth-order valence-electron chi connectivity index (χ4n) is 3.86. The van der Waals surface area contributed by atoms with Crippen LogP contribution in [0.4, 0.5) is 5.69 Å². The van der Waals surface area contributed by atoms with Gasteiger partial charge in [0.25, 0.3) is 0 Å². The average molecular weight is 355 g/mol. The second-order valence-electron chi connectivity index (χ2n) is 7.58. The first-order chi connectivity index (χ1) is 13.0. The van der Waals surface area contributed by atoms with Gasteiger partial charge in [0.15, 0.2) is 11.9 Å². The minimum absolute atomic E-state index is 0.456. The summed E-state index contributed by atoms with van der Waals surface area (Å²) in [4.78, 5) is 3.74. The van der Waals surface area contributed by atoms with Crippen molar-refractivity contribution in [3.8, 4) is 11.3 Å². The standard InChI is InChI=1S/C24H23N2O/c1-15(2)14-19-20(25-4)12-11-17-18-10-9-16(3)22(24(18)27-23(17)19)21-8-6-7-13-26(21)5/h6-13,15H,14H2,1-3,5H3/q+1. The molecule has 0 radical (unpaired) electrons. The van der Waals surface area contributed by atoms with E-state index in [1.807, 2.05) is 18.2 Å². The molecule has 0 aliphatic rings. The van der Waals surface area contributed by atoms with Crippen molar-refractivity contribution in [3.63, 3.8) is 0 Å². The van der Waals surface area contributed by atoms with Crippen LogP contribution in [0.5, 0.6) is 0 Å². The van der Waals surface area contributed by atoms with Crippen LogP contribution in [0.1, 0.15) is 25.0 Å². The van der Waals surface area contributed by atoms with Crippen molar-refractivity contribution in [2.45, 2.75) is 27.2 Å². The summed E-state index contributed by atoms with van der Waals surface area (Å²) in [5, 5.41) is 2.20. The van der Waals surface area contributed by atoms with Crippen LogP contribution in [-0.4, -0.2) is 0 Å². The Kier molecular flexibility index (Phi) is 4.20. The van der Waals surface area contributed by atoms with E-state index in [9.17, 15) is 0 Å². The molecule has 3 nitrogen and oxygen atoms in total. The molecular weight excluding hydrogens is 332 g/mol. The van der Waals surface area contributed by atoms with Crippen molar-refractivity contribution in [1.82, 2.24) is 0 Å². The number of furan rings is 1. The molecule has 4 rings (SSSR count). The minimum atomic E-state index is 0.456. The van der Waals surface area contributed by atoms with Gasteiger partial charge in [-0.05, 0) is 30.9 Å². The zero-order valence-corrected chi connectivity index (χ0v) is 16.2. The van der Waals surface area contributed by atoms with Gasteiger partial charge in [0, 0.05) is 28.5 Å². The van der Waals surface area contributed by atoms with Gasteiger partial charge >= 0.3 is 0 Å². The summed E-state index contributed by atoms with van der Waals surface area (Å²) in [6.45, 7) is 14.0. The highest BCUT2D eigenvalue weighted by molar-refractivity contribution is 6.11. The fraction of sp³-hybridized carbons (Fsp3) is 0.250. The Labute approximate surface area is 159 Å². The molecule has 0 fully saturated rings. The smallest absolute Gasteiger partial charge is 0.216 e. The summed E-state index contributed by atoms with van der Waals surface area (Å²) >= 11 is 0. The maximum atomic E-state index is 7.56. The highest BCUT2D eigenvalue weighted by Gasteiger charge is 2.22. The van der Waals surface area contributed by atoms with Gasteiger partial charge in [-0.3, -0.25) is 0 Å². The number of pyridine rings is 1. The maximum Gasteiger partial charge on any atom is 0.216 e. The summed E-state index contributed by atoms with van der Waals surface area (Å²) in [6, 6.07) is 14.5. The van der Waals surface area contributed by atoms with Crippen LogP contribution in [0.3, 0.4) is 0 Å². The molecule has 27 heavy (non-hydrogen) atoms. The molecule has 3 heteroatoms. The lowest BCUT2D eigenvalue weighted by atomic mass is 9.97. The number of aromatic nitrogens is 1. The Morgan fingerprint density at radius 1 is 1.04 bits per heavy atom. The van der Waals surface area contributed by atoms with Crippen LogP contribution >= 0.6 is 0 Å². The molecule has 0 bridgehead atoms. The third-order valence-electron chi connectivity index (χ3n) is 5.14. The molecule has 134 valence electrons. The van der Waals surface area contributed by atoms with Crippen LogP contribution < -0.4 is 4.57 Å². The van der Waals surface area contributed by atoms with E-state index in [1.165, 1.54) is 5.56 Å². The minimum Gasteiger partial charge on any atom is -0.456 e. The first kappa shape index (κ1) is 17.3. The Bertz CT molecular complexity index is 1210. The summed E-state index contributed by atoms with van der Waals surface area (Å²) in [5.74, 6) is 0.456. The van der Waals surface area contributed by atoms with Gasteiger partial charge < -0.3 is 4.42 Å². The van der Waals surface area contributed by atoms with Crippen molar-refractivity contribution in [2.75, 3.05) is 0 Å². The van der Waals surface area contributed by atoms with Crippen molar-refractivity contribution in [3.05, 3.63) is 71.2 Å². The number of nitrogens with zero attached hydrogens (tertiary/aromatic N) is 2. The summed E-state index contributed by atoms with van der Waals surface area (Å²) < 4.78 is 8.61. The van der Waals surface area contributed by atoms with E-state index in [-0.39, 0.29) is 0 Å². The zero-order chi connectivity index (χ0) is 19.1. The molecular formula is C24H23N2O+. The predicted molar refractivity (Wildman–Crippen MR) is 110 cm³/mol. The number of rotatable bonds is 3. The topological polar surface area (TPSA) is 21.4 Å². The maximum absolute atomic E-state index is 7.56. The third kappa shape index (κ3) is 2.78. The van der Waals surface area contributed by atoms with Crippen LogP contribution in [0.2, 0.25) is 0 Å². The molecule has 2 aromatic carbocycles. The lowest BCUT2D eigenvalue weighted by molar-refractivity contribution is -0.660. The largest absolute Gasteiger partial charge is 0.456 e. The summed E-state index contributed by atoms with van der Waals surface area (Å²) in [7, 11) is 2.05. The Hall–Kier alpha value is -3.12. The van der Waals surface area contributed by atoms with Gasteiger partial charge in [-0.1, -0.05) is 38.1 Å². The second-order valence-corrected chi connectivity index (χ2v) is 7.58. The Morgan fingerprint density at radius 2 is 1.78 bits per heavy atom. The van der Waals surface area contributed by atoms with Gasteiger partial charge in [0.2, 0.25) is 5.69 Å². The molecule has 4 aromatic rings. The van der Waals surface area contributed by atoms with Crippen LogP contribution in [-0.2, 0) is 13.5 Å². The molecule has 0 spiro atoms. The normalized spacial score (nSPS) is 11.4. The van der Waals surface area contributed by atoms with Gasteiger partial charge in [0.1, 0.15) is 18.2 Å². The molecule has 0 aliphatic heterocycles. The quantitative estimate of drug-likeness (QED) is 0.320. The molecule has 0 atom stereocenters. The van der Waals surface area contributed by atoms with E-state index in [4.69, 9.17) is 11.0 Å². The number of hydrogen-bond acceptors (Lipinski definition) is 1. The molecule has 0 N–H and O–H groups in total. The van der Waals surface area contributed by atoms with Gasteiger partial charge in [-0.25, -0.2) is 9.41 Å². The van der Waals surface area contributed by atoms with E-state index in [0.29, 0.717) is 11.6 Å². The van der Waals surface area contributed by atoms with E-state index in [1.54, 1.807) is 0 Å². The lowest BCUT2D eigenvalue weighted by Crippen LogP contribution is -2.30. The highest BCUT2D eigenvalue weighted by Crippen LogP contribution is 2.40. The monoisotopic (exact) mass is 355 g/mol. The fourth-order valence-corrected chi connectivity index (χ4v) is 3.86. The van der Waals surface area contributed by atoms with Gasteiger partial charge in [0.05, 0.1) is 12.1 Å². The van der Waals surface area contributed by atoms with Crippen molar-refractivity contribution < 1.29 is 8.98 Å². The summed E-state index contributed by atoms with van der Waals surface area (Å²) in [5.41, 5.74) is 6.89. The average Bonchev–Trinajstić information content (AvgIpc) is 3.01. The Morgan fingerprint density at radius 3 is 2.48 bits per heavy atom. The first-order valence-corrected chi connectivity index (χ1v) is 9.31. The molecule has 0 amide bonds. The second kappa shape index (κ2) is 6.55. The number of benzene rings is 2. The lowest BCUT2D eigenvalue weighted by Gasteiger charge is -2.07. The van der Waals surface area contributed by atoms with Gasteiger partial charge in [-0.15, -0.1) is 0 Å². The molecule has 0 saturated carbocycles. The molecule has 2 aromatic heterocycles. The Balaban J connectivity index is 2.12. The molecule has 2 heterocycles. The highest BCUT2D eigenvalue weighted by atomic mass is 16.3.